The minimum absolute atomic E-state index is 0.337. The Balaban J connectivity index is 1.85. The Labute approximate surface area is 236 Å². The molecule has 1 aromatic carbocycles. The fourth-order valence-electron chi connectivity index (χ4n) is 5.76. The van der Waals surface area contributed by atoms with E-state index in [-0.39, 0.29) is 5.83 Å². The second-order valence-electron chi connectivity index (χ2n) is 10.5. The van der Waals surface area contributed by atoms with Gasteiger partial charge in [-0.25, -0.2) is 14.4 Å². The third-order valence-corrected chi connectivity index (χ3v) is 10.1. The number of rotatable bonds is 5. The summed E-state index contributed by atoms with van der Waals surface area (Å²) in [6.07, 6.45) is 5.21. The zero-order valence-corrected chi connectivity index (χ0v) is 25.2. The maximum atomic E-state index is 15.4. The fraction of sp³-hybridized carbons (Fsp3) is 0.433. The standard InChI is InChI=1S/C30H35FN5OPS/c1-6-15(3)24(26-18(10-32)23(33)14-39-29(26)22(31)7-2)25-21-13-37-12-20(21)19-11-34-30(35-27(19)28(25)38)36-9-8-16(4)17(36)5/h7,11,16-17H,6,8-9,12-14,33,38H2,1-5H3/b22-7+,24-15+/t16-,17?/m0/s1. The number of hydrogen-bond acceptors (Lipinski definition) is 7. The maximum absolute atomic E-state index is 15.4. The lowest BCUT2D eigenvalue weighted by Gasteiger charge is -2.27. The van der Waals surface area contributed by atoms with Crippen LogP contribution in [0.1, 0.15) is 64.2 Å². The van der Waals surface area contributed by atoms with Crippen LogP contribution in [0.5, 0.6) is 0 Å². The maximum Gasteiger partial charge on any atom is 0.226 e. The van der Waals surface area contributed by atoms with Gasteiger partial charge in [0.25, 0.3) is 0 Å². The molecule has 2 aromatic rings. The normalized spacial score (nSPS) is 22.5. The molecule has 0 bridgehead atoms. The minimum atomic E-state index is -0.350. The Bertz CT molecular complexity index is 1540. The van der Waals surface area contributed by atoms with Gasteiger partial charge in [0.15, 0.2) is 0 Å². The van der Waals surface area contributed by atoms with Gasteiger partial charge in [0.05, 0.1) is 29.2 Å². The van der Waals surface area contributed by atoms with Crippen LogP contribution in [0.2, 0.25) is 0 Å². The lowest BCUT2D eigenvalue weighted by molar-refractivity contribution is 0.135. The van der Waals surface area contributed by atoms with Crippen molar-refractivity contribution in [2.45, 2.75) is 66.7 Å². The van der Waals surface area contributed by atoms with Gasteiger partial charge in [-0.05, 0) is 61.8 Å². The molecule has 2 N–H and O–H groups in total. The predicted octanol–water partition coefficient (Wildman–Crippen LogP) is 6.19. The quantitative estimate of drug-likeness (QED) is 0.434. The molecular weight excluding hydrogens is 528 g/mol. The number of nitrogens with zero attached hydrogens (tertiary/aromatic N) is 4. The summed E-state index contributed by atoms with van der Waals surface area (Å²) >= 11 is 1.34. The van der Waals surface area contributed by atoms with Crippen molar-refractivity contribution in [3.63, 3.8) is 0 Å². The molecule has 9 heteroatoms. The van der Waals surface area contributed by atoms with E-state index in [4.69, 9.17) is 20.4 Å². The van der Waals surface area contributed by atoms with E-state index in [9.17, 15) is 5.26 Å². The van der Waals surface area contributed by atoms with Gasteiger partial charge in [-0.15, -0.1) is 21.0 Å². The van der Waals surface area contributed by atoms with Gasteiger partial charge in [-0.2, -0.15) is 5.26 Å². The van der Waals surface area contributed by atoms with Crippen molar-refractivity contribution in [1.82, 2.24) is 9.97 Å². The van der Waals surface area contributed by atoms with Gasteiger partial charge in [0, 0.05) is 46.5 Å². The summed E-state index contributed by atoms with van der Waals surface area (Å²) in [5.41, 5.74) is 13.5. The zero-order chi connectivity index (χ0) is 28.0. The molecule has 39 heavy (non-hydrogen) atoms. The summed E-state index contributed by atoms with van der Waals surface area (Å²) < 4.78 is 21.4. The number of aromatic nitrogens is 2. The second-order valence-corrected chi connectivity index (χ2v) is 12.1. The van der Waals surface area contributed by atoms with E-state index in [1.54, 1.807) is 6.92 Å². The van der Waals surface area contributed by atoms with E-state index in [2.05, 4.69) is 41.0 Å². The molecule has 6 nitrogen and oxygen atoms in total. The summed E-state index contributed by atoms with van der Waals surface area (Å²) in [6.45, 7) is 12.1. The number of fused-ring (bicyclic) bond motifs is 3. The molecule has 3 aliphatic heterocycles. The number of thioether (sulfide) groups is 1. The first-order valence-electron chi connectivity index (χ1n) is 13.5. The first kappa shape index (κ1) is 27.8. The van der Waals surface area contributed by atoms with E-state index < -0.39 is 0 Å². The van der Waals surface area contributed by atoms with Gasteiger partial charge in [-0.3, -0.25) is 0 Å². The number of halogens is 1. The third kappa shape index (κ3) is 4.59. The van der Waals surface area contributed by atoms with E-state index in [0.29, 0.717) is 52.7 Å². The number of nitrogens with two attached hydrogens (primary N) is 1. The summed E-state index contributed by atoms with van der Waals surface area (Å²) in [6, 6.07) is 2.66. The summed E-state index contributed by atoms with van der Waals surface area (Å²) in [5.74, 6) is 1.32. The van der Waals surface area contributed by atoms with Crippen molar-refractivity contribution in [2.24, 2.45) is 11.7 Å². The van der Waals surface area contributed by atoms with Crippen LogP contribution in [0, 0.1) is 17.2 Å². The topological polar surface area (TPSA) is 88.1 Å². The summed E-state index contributed by atoms with van der Waals surface area (Å²) in [7, 11) is 2.90. The highest BCUT2D eigenvalue weighted by atomic mass is 32.2. The Hall–Kier alpha value is -2.72. The van der Waals surface area contributed by atoms with Crippen molar-refractivity contribution in [2.75, 3.05) is 17.2 Å². The predicted molar refractivity (Wildman–Crippen MR) is 162 cm³/mol. The Morgan fingerprint density at radius 2 is 2.10 bits per heavy atom. The Kier molecular flexibility index (Phi) is 7.88. The lowest BCUT2D eigenvalue weighted by Crippen LogP contribution is -2.31. The zero-order valence-electron chi connectivity index (χ0n) is 23.2. The Morgan fingerprint density at radius 1 is 1.36 bits per heavy atom. The van der Waals surface area contributed by atoms with Crippen molar-refractivity contribution >= 4 is 48.7 Å². The van der Waals surface area contributed by atoms with Crippen LogP contribution >= 0.6 is 21.0 Å². The van der Waals surface area contributed by atoms with E-state index in [1.807, 2.05) is 13.1 Å². The highest BCUT2D eigenvalue weighted by Gasteiger charge is 2.34. The fourth-order valence-corrected chi connectivity index (χ4v) is 7.34. The molecule has 0 radical (unpaired) electrons. The van der Waals surface area contributed by atoms with Crippen LogP contribution in [-0.2, 0) is 18.0 Å². The number of anilines is 1. The van der Waals surface area contributed by atoms with Gasteiger partial charge in [0.2, 0.25) is 5.95 Å². The molecule has 0 saturated carbocycles. The highest BCUT2D eigenvalue weighted by Crippen LogP contribution is 2.47. The molecule has 1 fully saturated rings. The summed E-state index contributed by atoms with van der Waals surface area (Å²) in [5, 5.41) is 12.1. The molecular formula is C30H35FN5OPS. The van der Waals surface area contributed by atoms with Gasteiger partial charge >= 0.3 is 0 Å². The second kappa shape index (κ2) is 11.0. The minimum Gasteiger partial charge on any atom is -0.400 e. The van der Waals surface area contributed by atoms with Crippen LogP contribution in [0.25, 0.3) is 16.5 Å². The van der Waals surface area contributed by atoms with Gasteiger partial charge < -0.3 is 15.4 Å². The van der Waals surface area contributed by atoms with Crippen LogP contribution in [0.15, 0.2) is 45.4 Å². The number of hydrogen-bond donors (Lipinski definition) is 1. The number of benzene rings is 1. The molecule has 0 amide bonds. The van der Waals surface area contributed by atoms with E-state index in [0.717, 1.165) is 69.4 Å². The van der Waals surface area contributed by atoms with Crippen LogP contribution in [-0.4, -0.2) is 28.3 Å². The first-order valence-corrected chi connectivity index (χ1v) is 15.0. The smallest absolute Gasteiger partial charge is 0.226 e. The largest absolute Gasteiger partial charge is 0.400 e. The third-order valence-electron chi connectivity index (χ3n) is 8.39. The van der Waals surface area contributed by atoms with Gasteiger partial charge in [0.1, 0.15) is 11.9 Å². The van der Waals surface area contributed by atoms with Crippen LogP contribution < -0.4 is 15.9 Å². The molecule has 2 unspecified atom stereocenters. The van der Waals surface area contributed by atoms with Crippen molar-refractivity contribution in [3.05, 3.63) is 62.1 Å². The van der Waals surface area contributed by atoms with Crippen molar-refractivity contribution in [1.29, 1.82) is 5.26 Å². The average molecular weight is 564 g/mol. The first-order chi connectivity index (χ1) is 18.7. The number of ether oxygens (including phenoxy) is 1. The Morgan fingerprint density at radius 3 is 2.74 bits per heavy atom. The molecule has 1 aromatic heterocycles. The van der Waals surface area contributed by atoms with Crippen molar-refractivity contribution in [3.8, 4) is 6.07 Å². The molecule has 204 valence electrons. The SMILES string of the molecule is C/C=C(/F)C1=C(/C(=C(\C)CC)c2c3c(c4cnc(N5CC[C@H](C)C5C)nc4c2P)COC3)C(C#N)=C(N)CS1. The molecule has 1 saturated heterocycles. The van der Waals surface area contributed by atoms with Crippen LogP contribution in [0.3, 0.4) is 0 Å². The molecule has 5 rings (SSSR count). The lowest BCUT2D eigenvalue weighted by atomic mass is 9.83. The monoisotopic (exact) mass is 563 g/mol. The van der Waals surface area contributed by atoms with Crippen LogP contribution in [0.4, 0.5) is 10.3 Å². The average Bonchev–Trinajstić information content (AvgIpc) is 3.56. The number of allylic oxidation sites excluding steroid dienone is 6. The van der Waals surface area contributed by atoms with E-state index in [1.165, 1.54) is 17.8 Å². The van der Waals surface area contributed by atoms with E-state index >= 15 is 4.39 Å². The molecule has 3 aliphatic rings. The molecule has 3 atom stereocenters. The molecule has 4 heterocycles. The molecule has 0 aliphatic carbocycles. The number of nitriles is 1. The highest BCUT2D eigenvalue weighted by molar-refractivity contribution is 8.03. The van der Waals surface area contributed by atoms with Crippen molar-refractivity contribution < 1.29 is 9.13 Å². The summed E-state index contributed by atoms with van der Waals surface area (Å²) in [4.78, 5) is 12.6. The molecule has 0 spiro atoms. The van der Waals surface area contributed by atoms with Gasteiger partial charge in [-0.1, -0.05) is 25.5 Å².